The Labute approximate surface area is 161 Å². The molecule has 0 aliphatic rings. The van der Waals surface area contributed by atoms with Crippen molar-refractivity contribution in [1.82, 2.24) is 10.3 Å². The number of benzene rings is 1. The molecule has 2 N–H and O–H groups in total. The van der Waals surface area contributed by atoms with Crippen molar-refractivity contribution < 1.29 is 14.0 Å². The minimum absolute atomic E-state index is 0.138. The average Bonchev–Trinajstić information content (AvgIpc) is 3.18. The van der Waals surface area contributed by atoms with Crippen molar-refractivity contribution in [2.45, 2.75) is 27.7 Å². The van der Waals surface area contributed by atoms with Gasteiger partial charge in [0.2, 0.25) is 5.91 Å². The van der Waals surface area contributed by atoms with Crippen LogP contribution in [0.2, 0.25) is 0 Å². The summed E-state index contributed by atoms with van der Waals surface area (Å²) in [5.74, 6) is 0.518. The first-order valence-electron chi connectivity index (χ1n) is 8.51. The van der Waals surface area contributed by atoms with Crippen LogP contribution in [0.3, 0.4) is 0 Å². The quantitative estimate of drug-likeness (QED) is 0.697. The van der Waals surface area contributed by atoms with Gasteiger partial charge in [0, 0.05) is 10.9 Å². The van der Waals surface area contributed by atoms with Crippen LogP contribution in [-0.4, -0.2) is 23.3 Å². The summed E-state index contributed by atoms with van der Waals surface area (Å²) in [6.45, 7) is 7.43. The number of nitrogens with one attached hydrogen (secondary N) is 2. The lowest BCUT2D eigenvalue weighted by molar-refractivity contribution is -0.115. The Morgan fingerprint density at radius 2 is 1.93 bits per heavy atom. The highest BCUT2D eigenvalue weighted by Gasteiger charge is 2.15. The maximum atomic E-state index is 12.1. The predicted molar refractivity (Wildman–Crippen MR) is 106 cm³/mol. The fraction of sp³-hybridized carbons (Fsp3) is 0.250. The van der Waals surface area contributed by atoms with Gasteiger partial charge in [0.1, 0.15) is 11.5 Å². The molecular weight excluding hydrogens is 362 g/mol. The molecule has 27 heavy (non-hydrogen) atoms. The van der Waals surface area contributed by atoms with E-state index in [1.54, 1.807) is 19.9 Å². The number of amides is 2. The summed E-state index contributed by atoms with van der Waals surface area (Å²) in [5.41, 5.74) is 4.62. The standard InChI is InChI=1S/C20H21N3O3S/c1-11-5-6-15(12(2)7-11)17-10-27-20(22-17)23-18(24)9-21-19(25)16-8-13(3)26-14(16)4/h5-8,10H,9H2,1-4H3,(H,21,25)(H,22,23,24). The van der Waals surface area contributed by atoms with Crippen molar-refractivity contribution in [2.75, 3.05) is 11.9 Å². The monoisotopic (exact) mass is 383 g/mol. The summed E-state index contributed by atoms with van der Waals surface area (Å²) in [6, 6.07) is 7.82. The van der Waals surface area contributed by atoms with E-state index in [1.165, 1.54) is 16.9 Å². The zero-order valence-electron chi connectivity index (χ0n) is 15.7. The van der Waals surface area contributed by atoms with Gasteiger partial charge in [-0.15, -0.1) is 11.3 Å². The first-order chi connectivity index (χ1) is 12.8. The van der Waals surface area contributed by atoms with Gasteiger partial charge in [0.15, 0.2) is 5.13 Å². The van der Waals surface area contributed by atoms with Crippen molar-refractivity contribution in [3.05, 3.63) is 57.9 Å². The Bertz CT molecular complexity index is 1000. The minimum Gasteiger partial charge on any atom is -0.466 e. The highest BCUT2D eigenvalue weighted by Crippen LogP contribution is 2.27. The number of anilines is 1. The first-order valence-corrected chi connectivity index (χ1v) is 9.39. The van der Waals surface area contributed by atoms with Gasteiger partial charge in [0.25, 0.3) is 5.91 Å². The lowest BCUT2D eigenvalue weighted by Crippen LogP contribution is -2.32. The number of aryl methyl sites for hydroxylation is 4. The van der Waals surface area contributed by atoms with Gasteiger partial charge in [-0.3, -0.25) is 9.59 Å². The van der Waals surface area contributed by atoms with E-state index in [0.29, 0.717) is 22.2 Å². The van der Waals surface area contributed by atoms with Gasteiger partial charge < -0.3 is 15.1 Å². The number of aromatic nitrogens is 1. The Morgan fingerprint density at radius 1 is 1.15 bits per heavy atom. The SMILES string of the molecule is Cc1ccc(-c2csc(NC(=O)CNC(=O)c3cc(C)oc3C)n2)c(C)c1. The van der Waals surface area contributed by atoms with E-state index in [2.05, 4.69) is 21.7 Å². The molecule has 0 radical (unpaired) electrons. The van der Waals surface area contributed by atoms with Crippen LogP contribution in [0, 0.1) is 27.7 Å². The van der Waals surface area contributed by atoms with Gasteiger partial charge in [0.05, 0.1) is 17.8 Å². The van der Waals surface area contributed by atoms with Crippen LogP contribution in [0.1, 0.15) is 33.0 Å². The fourth-order valence-electron chi connectivity index (χ4n) is 2.83. The van der Waals surface area contributed by atoms with Crippen LogP contribution in [0.25, 0.3) is 11.3 Å². The van der Waals surface area contributed by atoms with Gasteiger partial charge in [-0.25, -0.2) is 4.98 Å². The molecule has 0 fully saturated rings. The second-order valence-corrected chi connectivity index (χ2v) is 7.27. The lowest BCUT2D eigenvalue weighted by Gasteiger charge is -2.05. The van der Waals surface area contributed by atoms with Crippen LogP contribution in [0.4, 0.5) is 5.13 Å². The predicted octanol–water partition coefficient (Wildman–Crippen LogP) is 4.01. The van der Waals surface area contributed by atoms with Crippen molar-refractivity contribution in [3.63, 3.8) is 0 Å². The first kappa shape index (κ1) is 18.8. The molecule has 2 heterocycles. The zero-order valence-corrected chi connectivity index (χ0v) is 16.5. The summed E-state index contributed by atoms with van der Waals surface area (Å²) in [7, 11) is 0. The molecule has 0 bridgehead atoms. The summed E-state index contributed by atoms with van der Waals surface area (Å²) >= 11 is 1.35. The molecule has 1 aromatic carbocycles. The van der Waals surface area contributed by atoms with Crippen LogP contribution in [0.15, 0.2) is 34.1 Å². The number of carbonyl (C=O) groups is 2. The molecule has 7 heteroatoms. The number of nitrogens with zero attached hydrogens (tertiary/aromatic N) is 1. The number of thiazole rings is 1. The molecule has 3 aromatic rings. The van der Waals surface area contributed by atoms with E-state index in [-0.39, 0.29) is 18.4 Å². The molecule has 140 valence electrons. The van der Waals surface area contributed by atoms with E-state index in [0.717, 1.165) is 16.8 Å². The molecule has 6 nitrogen and oxygen atoms in total. The Kier molecular flexibility index (Phi) is 5.41. The maximum Gasteiger partial charge on any atom is 0.255 e. The molecule has 2 amide bonds. The molecule has 0 aliphatic carbocycles. The number of furan rings is 1. The molecule has 0 saturated carbocycles. The summed E-state index contributed by atoms with van der Waals surface area (Å²) in [6.07, 6.45) is 0. The van der Waals surface area contributed by atoms with E-state index < -0.39 is 0 Å². The molecule has 2 aromatic heterocycles. The third-order valence-corrected chi connectivity index (χ3v) is 4.86. The van der Waals surface area contributed by atoms with Crippen molar-refractivity contribution >= 4 is 28.3 Å². The Balaban J connectivity index is 1.59. The van der Waals surface area contributed by atoms with Crippen molar-refractivity contribution in [2.24, 2.45) is 0 Å². The lowest BCUT2D eigenvalue weighted by atomic mass is 10.0. The second kappa shape index (κ2) is 7.75. The minimum atomic E-state index is -0.338. The van der Waals surface area contributed by atoms with E-state index in [1.807, 2.05) is 31.4 Å². The van der Waals surface area contributed by atoms with Crippen LogP contribution in [0.5, 0.6) is 0 Å². The van der Waals surface area contributed by atoms with E-state index in [4.69, 9.17) is 4.42 Å². The second-order valence-electron chi connectivity index (χ2n) is 6.41. The fourth-order valence-corrected chi connectivity index (χ4v) is 3.56. The smallest absolute Gasteiger partial charge is 0.255 e. The van der Waals surface area contributed by atoms with Gasteiger partial charge >= 0.3 is 0 Å². The zero-order chi connectivity index (χ0) is 19.6. The highest BCUT2D eigenvalue weighted by atomic mass is 32.1. The topological polar surface area (TPSA) is 84.2 Å². The molecule has 0 unspecified atom stereocenters. The maximum absolute atomic E-state index is 12.1. The summed E-state index contributed by atoms with van der Waals surface area (Å²) in [5, 5.41) is 7.72. The van der Waals surface area contributed by atoms with E-state index >= 15 is 0 Å². The Hall–Kier alpha value is -2.93. The number of rotatable bonds is 5. The number of carbonyl (C=O) groups excluding carboxylic acids is 2. The average molecular weight is 383 g/mol. The molecule has 0 spiro atoms. The normalized spacial score (nSPS) is 10.7. The molecule has 0 atom stereocenters. The third-order valence-electron chi connectivity index (χ3n) is 4.10. The van der Waals surface area contributed by atoms with Crippen molar-refractivity contribution in [3.8, 4) is 11.3 Å². The molecule has 0 aliphatic heterocycles. The molecule has 3 rings (SSSR count). The van der Waals surface area contributed by atoms with Crippen molar-refractivity contribution in [1.29, 1.82) is 0 Å². The van der Waals surface area contributed by atoms with Crippen LogP contribution >= 0.6 is 11.3 Å². The van der Waals surface area contributed by atoms with E-state index in [9.17, 15) is 9.59 Å². The number of hydrogen-bond acceptors (Lipinski definition) is 5. The van der Waals surface area contributed by atoms with Gasteiger partial charge in [-0.2, -0.15) is 0 Å². The largest absolute Gasteiger partial charge is 0.466 e. The Morgan fingerprint density at radius 3 is 2.59 bits per heavy atom. The van der Waals surface area contributed by atoms with Crippen LogP contribution in [-0.2, 0) is 4.79 Å². The summed E-state index contributed by atoms with van der Waals surface area (Å²) < 4.78 is 5.33. The molecule has 0 saturated heterocycles. The third kappa shape index (κ3) is 4.43. The molecular formula is C20H21N3O3S. The number of hydrogen-bond donors (Lipinski definition) is 2. The van der Waals surface area contributed by atoms with Gasteiger partial charge in [-0.1, -0.05) is 23.8 Å². The highest BCUT2D eigenvalue weighted by molar-refractivity contribution is 7.14. The van der Waals surface area contributed by atoms with Gasteiger partial charge in [-0.05, 0) is 39.3 Å². The van der Waals surface area contributed by atoms with Crippen LogP contribution < -0.4 is 10.6 Å². The summed E-state index contributed by atoms with van der Waals surface area (Å²) in [4.78, 5) is 28.7.